The van der Waals surface area contributed by atoms with Crippen LogP contribution in [0.3, 0.4) is 0 Å². The number of aryl methyl sites for hydroxylation is 1. The molecule has 9 nitrogen and oxygen atoms in total. The molecule has 1 aliphatic rings. The third-order valence-electron chi connectivity index (χ3n) is 6.39. The van der Waals surface area contributed by atoms with E-state index in [1.807, 2.05) is 42.5 Å². The number of hydrogen-bond donors (Lipinski definition) is 0. The summed E-state index contributed by atoms with van der Waals surface area (Å²) < 4.78 is 17.0. The molecule has 0 bridgehead atoms. The maximum Gasteiger partial charge on any atom is 0.225 e. The third-order valence-corrected chi connectivity index (χ3v) is 6.74. The van der Waals surface area contributed by atoms with E-state index in [4.69, 9.17) is 11.6 Å². The van der Waals surface area contributed by atoms with Crippen molar-refractivity contribution in [1.29, 1.82) is 0 Å². The lowest BCUT2D eigenvalue weighted by atomic mass is 10.1. The maximum absolute atomic E-state index is 13.3. The van der Waals surface area contributed by atoms with Crippen LogP contribution in [0.2, 0.25) is 5.02 Å². The van der Waals surface area contributed by atoms with E-state index in [9.17, 15) is 4.39 Å². The number of hydrogen-bond acceptors (Lipinski definition) is 7. The van der Waals surface area contributed by atoms with Gasteiger partial charge in [0.15, 0.2) is 5.82 Å². The van der Waals surface area contributed by atoms with Crippen LogP contribution in [-0.4, -0.2) is 60.5 Å². The molecule has 0 spiro atoms. The first kappa shape index (κ1) is 22.4. The highest BCUT2D eigenvalue weighted by Crippen LogP contribution is 2.27. The van der Waals surface area contributed by atoms with Gasteiger partial charge < -0.3 is 9.80 Å². The van der Waals surface area contributed by atoms with E-state index in [0.717, 1.165) is 59.8 Å². The number of piperazine rings is 1. The predicted octanol–water partition coefficient (Wildman–Crippen LogP) is 3.63. The summed E-state index contributed by atoms with van der Waals surface area (Å²) in [5, 5.41) is 9.07. The molecule has 11 heteroatoms. The molecule has 182 valence electrons. The molecule has 0 unspecified atom stereocenters. The molecule has 0 aliphatic carbocycles. The Balaban J connectivity index is 1.14. The minimum atomic E-state index is -0.344. The largest absolute Gasteiger partial charge is 0.351 e. The van der Waals surface area contributed by atoms with Crippen molar-refractivity contribution in [2.75, 3.05) is 36.0 Å². The number of aromatic nitrogens is 7. The summed E-state index contributed by atoms with van der Waals surface area (Å²) in [6.07, 6.45) is 11.6. The first-order chi connectivity index (χ1) is 17.5. The summed E-state index contributed by atoms with van der Waals surface area (Å²) in [6, 6.07) is 6.53. The average Bonchev–Trinajstić information content (AvgIpc) is 3.52. The second kappa shape index (κ2) is 9.19. The predicted molar refractivity (Wildman–Crippen MR) is 136 cm³/mol. The monoisotopic (exact) mass is 503 g/mol. The lowest BCUT2D eigenvalue weighted by molar-refractivity contribution is 0.627. The Morgan fingerprint density at radius 1 is 0.889 bits per heavy atom. The fraction of sp³-hybridized carbons (Fsp3) is 0.240. The molecule has 36 heavy (non-hydrogen) atoms. The van der Waals surface area contributed by atoms with Crippen molar-refractivity contribution in [2.24, 2.45) is 7.05 Å². The first-order valence-corrected chi connectivity index (χ1v) is 12.0. The summed E-state index contributed by atoms with van der Waals surface area (Å²) >= 11 is 6.16. The van der Waals surface area contributed by atoms with Gasteiger partial charge in [-0.3, -0.25) is 4.68 Å². The molecule has 4 aromatic heterocycles. The molecule has 1 saturated heterocycles. The fourth-order valence-electron chi connectivity index (χ4n) is 4.49. The van der Waals surface area contributed by atoms with E-state index < -0.39 is 0 Å². The maximum atomic E-state index is 13.3. The van der Waals surface area contributed by atoms with Crippen LogP contribution in [0.15, 0.2) is 61.6 Å². The van der Waals surface area contributed by atoms with Gasteiger partial charge in [0.1, 0.15) is 17.7 Å². The molecule has 1 fully saturated rings. The van der Waals surface area contributed by atoms with Crippen molar-refractivity contribution in [2.45, 2.75) is 6.42 Å². The number of fused-ring (bicyclic) bond motifs is 1. The zero-order chi connectivity index (χ0) is 24.6. The van der Waals surface area contributed by atoms with Crippen molar-refractivity contribution in [3.05, 3.63) is 83.5 Å². The zero-order valence-corrected chi connectivity index (χ0v) is 20.3. The van der Waals surface area contributed by atoms with Crippen molar-refractivity contribution in [1.82, 2.24) is 34.3 Å². The van der Waals surface area contributed by atoms with Crippen LogP contribution in [-0.2, 0) is 13.5 Å². The number of anilines is 2. The van der Waals surface area contributed by atoms with Gasteiger partial charge in [-0.1, -0.05) is 17.7 Å². The van der Waals surface area contributed by atoms with E-state index in [-0.39, 0.29) is 5.82 Å². The van der Waals surface area contributed by atoms with Gasteiger partial charge in [0.2, 0.25) is 5.95 Å². The minimum absolute atomic E-state index is 0.344. The van der Waals surface area contributed by atoms with Gasteiger partial charge in [0.05, 0.1) is 6.20 Å². The standard InChI is InChI=1S/C25H23ClFN9/c1-33-14-20(13-31-33)19-9-23-24(30-16-32-36(23)15-19)34-4-6-35(7-5-34)25-28-11-17(12-29-25)8-18-2-3-21(27)10-22(18)26/h2-3,9-16H,4-8H2,1H3. The molecular weight excluding hydrogens is 481 g/mol. The van der Waals surface area contributed by atoms with Gasteiger partial charge in [-0.05, 0) is 29.3 Å². The molecular formula is C25H23ClFN9. The topological polar surface area (TPSA) is 80.3 Å². The number of benzene rings is 1. The van der Waals surface area contributed by atoms with Gasteiger partial charge in [-0.15, -0.1) is 0 Å². The molecule has 0 saturated carbocycles. The van der Waals surface area contributed by atoms with Crippen LogP contribution in [0, 0.1) is 5.82 Å². The quantitative estimate of drug-likeness (QED) is 0.362. The van der Waals surface area contributed by atoms with Crippen LogP contribution in [0.4, 0.5) is 16.2 Å². The van der Waals surface area contributed by atoms with E-state index >= 15 is 0 Å². The van der Waals surface area contributed by atoms with Gasteiger partial charge in [-0.2, -0.15) is 10.2 Å². The molecule has 0 N–H and O–H groups in total. The molecule has 5 aromatic rings. The molecule has 6 rings (SSSR count). The lowest BCUT2D eigenvalue weighted by Crippen LogP contribution is -2.47. The van der Waals surface area contributed by atoms with Crippen LogP contribution >= 0.6 is 11.6 Å². The minimum Gasteiger partial charge on any atom is -0.351 e. The van der Waals surface area contributed by atoms with Crippen LogP contribution < -0.4 is 9.80 Å². The highest BCUT2D eigenvalue weighted by molar-refractivity contribution is 6.31. The molecule has 0 radical (unpaired) electrons. The Kier molecular flexibility index (Phi) is 5.73. The Morgan fingerprint density at radius 3 is 2.39 bits per heavy atom. The van der Waals surface area contributed by atoms with Gasteiger partial charge in [0.25, 0.3) is 0 Å². The highest BCUT2D eigenvalue weighted by atomic mass is 35.5. The number of halogens is 2. The molecule has 0 atom stereocenters. The molecule has 0 amide bonds. The Hall–Kier alpha value is -4.05. The van der Waals surface area contributed by atoms with E-state index in [1.165, 1.54) is 12.1 Å². The SMILES string of the molecule is Cn1cc(-c2cc3c(N4CCN(c5ncc(Cc6ccc(F)cc6Cl)cn5)CC4)ncnn3c2)cn1. The Bertz CT molecular complexity index is 1520. The number of nitrogens with zero attached hydrogens (tertiary/aromatic N) is 9. The van der Waals surface area contributed by atoms with Crippen LogP contribution in [0.1, 0.15) is 11.1 Å². The van der Waals surface area contributed by atoms with Crippen molar-refractivity contribution in [3.8, 4) is 11.1 Å². The summed E-state index contributed by atoms with van der Waals surface area (Å²) in [4.78, 5) is 18.2. The number of rotatable bonds is 5. The molecule has 5 heterocycles. The second-order valence-corrected chi connectivity index (χ2v) is 9.23. The summed E-state index contributed by atoms with van der Waals surface area (Å²) in [6.45, 7) is 3.12. The smallest absolute Gasteiger partial charge is 0.225 e. The zero-order valence-electron chi connectivity index (χ0n) is 19.6. The summed E-state index contributed by atoms with van der Waals surface area (Å²) in [5.74, 6) is 1.26. The van der Waals surface area contributed by atoms with Gasteiger partial charge >= 0.3 is 0 Å². The van der Waals surface area contributed by atoms with Crippen molar-refractivity contribution >= 4 is 28.9 Å². The summed E-state index contributed by atoms with van der Waals surface area (Å²) in [5.41, 5.74) is 4.83. The van der Waals surface area contributed by atoms with E-state index in [0.29, 0.717) is 17.4 Å². The second-order valence-electron chi connectivity index (χ2n) is 8.82. The van der Waals surface area contributed by atoms with Crippen molar-refractivity contribution in [3.63, 3.8) is 0 Å². The first-order valence-electron chi connectivity index (χ1n) is 11.6. The molecule has 1 aliphatic heterocycles. The van der Waals surface area contributed by atoms with Crippen LogP contribution in [0.25, 0.3) is 16.6 Å². The average molecular weight is 504 g/mol. The normalized spacial score (nSPS) is 14.1. The highest BCUT2D eigenvalue weighted by Gasteiger charge is 2.22. The lowest BCUT2D eigenvalue weighted by Gasteiger charge is -2.35. The van der Waals surface area contributed by atoms with E-state index in [2.05, 4.69) is 41.0 Å². The molecule has 1 aromatic carbocycles. The summed E-state index contributed by atoms with van der Waals surface area (Å²) in [7, 11) is 1.91. The fourth-order valence-corrected chi connectivity index (χ4v) is 4.73. The van der Waals surface area contributed by atoms with Crippen molar-refractivity contribution < 1.29 is 4.39 Å². The van der Waals surface area contributed by atoms with Gasteiger partial charge in [0, 0.05) is 80.6 Å². The third kappa shape index (κ3) is 4.35. The van der Waals surface area contributed by atoms with E-state index in [1.54, 1.807) is 17.1 Å². The Morgan fingerprint density at radius 2 is 1.67 bits per heavy atom. The van der Waals surface area contributed by atoms with Gasteiger partial charge in [-0.25, -0.2) is 23.9 Å². The Labute approximate surface area is 211 Å². The van der Waals surface area contributed by atoms with Crippen LogP contribution in [0.5, 0.6) is 0 Å².